The second-order valence-electron chi connectivity index (χ2n) is 9.14. The van der Waals surface area contributed by atoms with E-state index in [-0.39, 0.29) is 11.9 Å². The fraction of sp³-hybridized carbons (Fsp3) is 0.400. The number of carbonyl (C=O) groups is 1. The number of piperazine rings is 1. The van der Waals surface area contributed by atoms with Crippen molar-refractivity contribution in [2.45, 2.75) is 38.6 Å². The van der Waals surface area contributed by atoms with E-state index in [1.165, 1.54) is 0 Å². The highest BCUT2D eigenvalue weighted by molar-refractivity contribution is 6.06. The summed E-state index contributed by atoms with van der Waals surface area (Å²) in [4.78, 5) is 26.9. The number of amides is 1. The first-order valence-electron chi connectivity index (χ1n) is 11.8. The van der Waals surface area contributed by atoms with Crippen LogP contribution >= 0.6 is 0 Å². The fourth-order valence-corrected chi connectivity index (χ4v) is 4.62. The van der Waals surface area contributed by atoms with E-state index in [0.717, 1.165) is 42.6 Å². The molecule has 174 valence electrons. The summed E-state index contributed by atoms with van der Waals surface area (Å²) >= 11 is 0. The Morgan fingerprint density at radius 1 is 1.03 bits per heavy atom. The first-order chi connectivity index (χ1) is 16.6. The zero-order valence-corrected chi connectivity index (χ0v) is 19.3. The first kappa shape index (κ1) is 21.0. The molecule has 0 bridgehead atoms. The SMILES string of the molecule is Cc1noc2nc(C3CC3)cc(C(=O)N3CCN(C(C)c4nc(-c5ccccc5)no4)CC3)c12. The van der Waals surface area contributed by atoms with Crippen LogP contribution in [0.4, 0.5) is 0 Å². The molecule has 1 saturated heterocycles. The normalized spacial score (nSPS) is 17.9. The highest BCUT2D eigenvalue weighted by Crippen LogP contribution is 2.40. The molecule has 34 heavy (non-hydrogen) atoms. The van der Waals surface area contributed by atoms with Crippen molar-refractivity contribution in [2.75, 3.05) is 26.2 Å². The summed E-state index contributed by atoms with van der Waals surface area (Å²) in [5.74, 6) is 1.61. The Morgan fingerprint density at radius 3 is 2.53 bits per heavy atom. The maximum Gasteiger partial charge on any atom is 0.259 e. The number of carbonyl (C=O) groups excluding carboxylic acids is 1. The number of benzene rings is 1. The molecule has 1 saturated carbocycles. The lowest BCUT2D eigenvalue weighted by Gasteiger charge is -2.36. The van der Waals surface area contributed by atoms with Gasteiger partial charge in [-0.25, -0.2) is 4.98 Å². The van der Waals surface area contributed by atoms with E-state index < -0.39 is 0 Å². The van der Waals surface area contributed by atoms with Crippen molar-refractivity contribution < 1.29 is 13.8 Å². The molecule has 1 aliphatic carbocycles. The lowest BCUT2D eigenvalue weighted by molar-refractivity contribution is 0.0553. The Morgan fingerprint density at radius 2 is 1.79 bits per heavy atom. The van der Waals surface area contributed by atoms with E-state index in [9.17, 15) is 4.79 Å². The number of hydrogen-bond donors (Lipinski definition) is 0. The summed E-state index contributed by atoms with van der Waals surface area (Å²) in [6.45, 7) is 6.61. The van der Waals surface area contributed by atoms with Gasteiger partial charge >= 0.3 is 0 Å². The topological polar surface area (TPSA) is 101 Å². The van der Waals surface area contributed by atoms with Crippen LogP contribution in [0.25, 0.3) is 22.5 Å². The van der Waals surface area contributed by atoms with Crippen molar-refractivity contribution in [3.05, 3.63) is 59.2 Å². The van der Waals surface area contributed by atoms with Crippen molar-refractivity contribution in [1.82, 2.24) is 30.1 Å². The van der Waals surface area contributed by atoms with Gasteiger partial charge in [0.05, 0.1) is 22.7 Å². The molecule has 1 aliphatic heterocycles. The van der Waals surface area contributed by atoms with E-state index in [4.69, 9.17) is 9.05 Å². The Bertz CT molecular complexity index is 1340. The molecule has 9 nitrogen and oxygen atoms in total. The molecule has 3 aromatic heterocycles. The van der Waals surface area contributed by atoms with Gasteiger partial charge in [-0.15, -0.1) is 0 Å². The number of fused-ring (bicyclic) bond motifs is 1. The molecular weight excluding hydrogens is 432 g/mol. The monoisotopic (exact) mass is 458 g/mol. The summed E-state index contributed by atoms with van der Waals surface area (Å²) in [6, 6.07) is 11.7. The minimum atomic E-state index is -0.0309. The largest absolute Gasteiger partial charge is 0.337 e. The van der Waals surface area contributed by atoms with Crippen LogP contribution in [0.2, 0.25) is 0 Å². The van der Waals surface area contributed by atoms with Crippen LogP contribution in [0, 0.1) is 6.92 Å². The van der Waals surface area contributed by atoms with E-state index in [0.29, 0.717) is 47.7 Å². The van der Waals surface area contributed by atoms with Crippen LogP contribution in [-0.4, -0.2) is 62.2 Å². The van der Waals surface area contributed by atoms with Gasteiger partial charge in [0.1, 0.15) is 0 Å². The van der Waals surface area contributed by atoms with Crippen LogP contribution in [0.1, 0.15) is 59.4 Å². The van der Waals surface area contributed by atoms with Gasteiger partial charge in [0.2, 0.25) is 11.7 Å². The Hall–Kier alpha value is -3.59. The first-order valence-corrected chi connectivity index (χ1v) is 11.8. The van der Waals surface area contributed by atoms with Crippen molar-refractivity contribution >= 4 is 17.0 Å². The second kappa shape index (κ2) is 8.32. The third-order valence-electron chi connectivity index (χ3n) is 6.84. The van der Waals surface area contributed by atoms with Crippen molar-refractivity contribution in [3.8, 4) is 11.4 Å². The van der Waals surface area contributed by atoms with Crippen LogP contribution in [-0.2, 0) is 0 Å². The molecular formula is C25H26N6O3. The van der Waals surface area contributed by atoms with Crippen LogP contribution in [0.15, 0.2) is 45.4 Å². The predicted octanol–water partition coefficient (Wildman–Crippen LogP) is 3.98. The second-order valence-corrected chi connectivity index (χ2v) is 9.14. The Balaban J connectivity index is 1.16. The van der Waals surface area contributed by atoms with E-state index in [1.807, 2.05) is 48.2 Å². The van der Waals surface area contributed by atoms with Crippen molar-refractivity contribution in [2.24, 2.45) is 0 Å². The molecule has 6 rings (SSSR count). The number of aromatic nitrogens is 4. The quantitative estimate of drug-likeness (QED) is 0.443. The summed E-state index contributed by atoms with van der Waals surface area (Å²) in [5, 5.41) is 8.93. The van der Waals surface area contributed by atoms with Gasteiger partial charge in [0.15, 0.2) is 0 Å². The molecule has 1 aromatic carbocycles. The zero-order chi connectivity index (χ0) is 23.2. The highest BCUT2D eigenvalue weighted by atomic mass is 16.5. The van der Waals surface area contributed by atoms with E-state index >= 15 is 0 Å². The number of hydrogen-bond acceptors (Lipinski definition) is 8. The van der Waals surface area contributed by atoms with Gasteiger partial charge in [0, 0.05) is 43.4 Å². The molecule has 4 aromatic rings. The van der Waals surface area contributed by atoms with Gasteiger partial charge in [-0.3, -0.25) is 9.69 Å². The van der Waals surface area contributed by atoms with Gasteiger partial charge in [-0.05, 0) is 32.8 Å². The van der Waals surface area contributed by atoms with E-state index in [2.05, 4.69) is 32.1 Å². The lowest BCUT2D eigenvalue weighted by atomic mass is 10.1. The third kappa shape index (κ3) is 3.75. The third-order valence-corrected chi connectivity index (χ3v) is 6.84. The predicted molar refractivity (Wildman–Crippen MR) is 124 cm³/mol. The highest BCUT2D eigenvalue weighted by Gasteiger charge is 2.32. The molecule has 1 unspecified atom stereocenters. The van der Waals surface area contributed by atoms with Crippen molar-refractivity contribution in [3.63, 3.8) is 0 Å². The van der Waals surface area contributed by atoms with Crippen LogP contribution < -0.4 is 0 Å². The standard InChI is InChI=1S/C25H26N6O3/c1-15-21-19(14-20(17-8-9-17)26-24(21)34-28-15)25(32)31-12-10-30(11-13-31)16(2)23-27-22(29-33-23)18-6-4-3-5-7-18/h3-7,14,16-17H,8-13H2,1-2H3. The summed E-state index contributed by atoms with van der Waals surface area (Å²) < 4.78 is 11.0. The smallest absolute Gasteiger partial charge is 0.259 e. The molecule has 9 heteroatoms. The Kier molecular flexibility index (Phi) is 5.13. The van der Waals surface area contributed by atoms with Gasteiger partial charge < -0.3 is 13.9 Å². The Labute approximate surface area is 196 Å². The number of pyridine rings is 1. The van der Waals surface area contributed by atoms with Gasteiger partial charge in [0.25, 0.3) is 11.6 Å². The minimum Gasteiger partial charge on any atom is -0.337 e. The molecule has 0 spiro atoms. The average Bonchev–Trinajstić information content (AvgIpc) is 3.50. The van der Waals surface area contributed by atoms with Crippen molar-refractivity contribution in [1.29, 1.82) is 0 Å². The van der Waals surface area contributed by atoms with Gasteiger partial charge in [-0.2, -0.15) is 4.98 Å². The number of aryl methyl sites for hydroxylation is 1. The summed E-state index contributed by atoms with van der Waals surface area (Å²) in [6.07, 6.45) is 2.22. The maximum atomic E-state index is 13.5. The lowest BCUT2D eigenvalue weighted by Crippen LogP contribution is -2.49. The molecule has 1 amide bonds. The zero-order valence-electron chi connectivity index (χ0n) is 19.3. The molecule has 1 atom stereocenters. The van der Waals surface area contributed by atoms with Crippen LogP contribution in [0.3, 0.4) is 0 Å². The molecule has 0 radical (unpaired) electrons. The fourth-order valence-electron chi connectivity index (χ4n) is 4.62. The minimum absolute atomic E-state index is 0.0112. The molecule has 4 heterocycles. The van der Waals surface area contributed by atoms with Crippen LogP contribution in [0.5, 0.6) is 0 Å². The molecule has 2 fully saturated rings. The summed E-state index contributed by atoms with van der Waals surface area (Å²) in [7, 11) is 0. The molecule has 2 aliphatic rings. The number of nitrogens with zero attached hydrogens (tertiary/aromatic N) is 6. The van der Waals surface area contributed by atoms with Gasteiger partial charge in [-0.1, -0.05) is 40.6 Å². The molecule has 0 N–H and O–H groups in total. The summed E-state index contributed by atoms with van der Waals surface area (Å²) in [5.41, 5.74) is 3.67. The average molecular weight is 459 g/mol. The van der Waals surface area contributed by atoms with E-state index in [1.54, 1.807) is 0 Å². The number of rotatable bonds is 5. The maximum absolute atomic E-state index is 13.5.